The summed E-state index contributed by atoms with van der Waals surface area (Å²) in [5.41, 5.74) is 6.69. The second-order valence-electron chi connectivity index (χ2n) is 7.56. The van der Waals surface area contributed by atoms with Crippen LogP contribution in [-0.2, 0) is 16.4 Å². The van der Waals surface area contributed by atoms with Gasteiger partial charge in [-0.15, -0.1) is 0 Å². The molecule has 1 heterocycles. The van der Waals surface area contributed by atoms with Crippen LogP contribution in [0.3, 0.4) is 0 Å². The lowest BCUT2D eigenvalue weighted by Crippen LogP contribution is -2.50. The number of amides is 1. The lowest BCUT2D eigenvalue weighted by atomic mass is 10.2. The average molecular weight is 448 g/mol. The molecule has 1 amide bonds. The van der Waals surface area contributed by atoms with Gasteiger partial charge in [0, 0.05) is 38.3 Å². The summed E-state index contributed by atoms with van der Waals surface area (Å²) in [4.78, 5) is 13.3. The number of carbonyl (C=O) groups excluding carboxylic acids is 1. The quantitative estimate of drug-likeness (QED) is 0.595. The SMILES string of the molecule is CCc1ccc(OC[C@H](O)CN2CCN(S(=O)(=O)c3ccc(C(N)=O)cc3)CC2)cc1. The number of aliphatic hydroxyl groups is 1. The molecule has 0 aliphatic carbocycles. The van der Waals surface area contributed by atoms with Crippen molar-refractivity contribution in [3.05, 3.63) is 59.7 Å². The number of nitrogens with two attached hydrogens (primary N) is 1. The molecule has 0 bridgehead atoms. The number of aliphatic hydroxyl groups excluding tert-OH is 1. The van der Waals surface area contributed by atoms with E-state index < -0.39 is 22.0 Å². The van der Waals surface area contributed by atoms with Crippen molar-refractivity contribution in [1.29, 1.82) is 0 Å². The van der Waals surface area contributed by atoms with Crippen molar-refractivity contribution in [2.24, 2.45) is 5.73 Å². The largest absolute Gasteiger partial charge is 0.491 e. The van der Waals surface area contributed by atoms with Gasteiger partial charge in [0.25, 0.3) is 0 Å². The van der Waals surface area contributed by atoms with E-state index in [0.717, 1.165) is 12.2 Å². The molecule has 0 radical (unpaired) electrons. The first-order chi connectivity index (χ1) is 14.8. The third-order valence-electron chi connectivity index (χ3n) is 5.35. The average Bonchev–Trinajstić information content (AvgIpc) is 2.78. The van der Waals surface area contributed by atoms with Crippen LogP contribution in [-0.4, -0.2) is 74.1 Å². The highest BCUT2D eigenvalue weighted by molar-refractivity contribution is 7.89. The second kappa shape index (κ2) is 10.2. The molecule has 1 aliphatic heterocycles. The minimum absolute atomic E-state index is 0.133. The van der Waals surface area contributed by atoms with Gasteiger partial charge in [-0.2, -0.15) is 4.31 Å². The summed E-state index contributed by atoms with van der Waals surface area (Å²) < 4.78 is 32.7. The Kier molecular flexibility index (Phi) is 7.66. The molecule has 1 aliphatic rings. The summed E-state index contributed by atoms with van der Waals surface area (Å²) in [6.45, 7) is 4.36. The molecule has 1 fully saturated rings. The molecule has 9 heteroatoms. The summed E-state index contributed by atoms with van der Waals surface area (Å²) in [6.07, 6.45) is 0.291. The second-order valence-corrected chi connectivity index (χ2v) is 9.49. The standard InChI is InChI=1S/C22H29N3O5S/c1-2-17-3-7-20(8-4-17)30-16-19(26)15-24-11-13-25(14-12-24)31(28,29)21-9-5-18(6-10-21)22(23)27/h3-10,19,26H,2,11-16H2,1H3,(H2,23,27)/t19-/m1/s1. The monoisotopic (exact) mass is 447 g/mol. The molecule has 1 saturated heterocycles. The van der Waals surface area contributed by atoms with Crippen LogP contribution in [0.5, 0.6) is 5.75 Å². The Labute approximate surface area is 183 Å². The molecule has 8 nitrogen and oxygen atoms in total. The van der Waals surface area contributed by atoms with Crippen molar-refractivity contribution in [2.45, 2.75) is 24.3 Å². The van der Waals surface area contributed by atoms with Crippen LogP contribution in [0.25, 0.3) is 0 Å². The summed E-state index contributed by atoms with van der Waals surface area (Å²) in [6, 6.07) is 13.4. The fourth-order valence-electron chi connectivity index (χ4n) is 3.46. The highest BCUT2D eigenvalue weighted by Gasteiger charge is 2.29. The third-order valence-corrected chi connectivity index (χ3v) is 7.26. The normalized spacial score (nSPS) is 16.7. The van der Waals surface area contributed by atoms with E-state index in [2.05, 4.69) is 6.92 Å². The number of benzene rings is 2. The number of hydrogen-bond donors (Lipinski definition) is 2. The van der Waals surface area contributed by atoms with Gasteiger partial charge in [0.1, 0.15) is 18.5 Å². The predicted molar refractivity (Wildman–Crippen MR) is 117 cm³/mol. The van der Waals surface area contributed by atoms with Gasteiger partial charge in [-0.3, -0.25) is 9.69 Å². The first-order valence-corrected chi connectivity index (χ1v) is 11.8. The van der Waals surface area contributed by atoms with Crippen LogP contribution in [0.2, 0.25) is 0 Å². The van der Waals surface area contributed by atoms with Crippen LogP contribution >= 0.6 is 0 Å². The maximum Gasteiger partial charge on any atom is 0.248 e. The highest BCUT2D eigenvalue weighted by atomic mass is 32.2. The Balaban J connectivity index is 1.47. The number of β-amino-alcohol motifs (C(OH)–C–C–N with tert-alkyl or cyclic N) is 1. The van der Waals surface area contributed by atoms with Crippen LogP contribution < -0.4 is 10.5 Å². The number of ether oxygens (including phenoxy) is 1. The van der Waals surface area contributed by atoms with Crippen molar-refractivity contribution in [2.75, 3.05) is 39.3 Å². The van der Waals surface area contributed by atoms with E-state index >= 15 is 0 Å². The maximum atomic E-state index is 12.8. The molecular formula is C22H29N3O5S. The van der Waals surface area contributed by atoms with Gasteiger partial charge in [0.2, 0.25) is 15.9 Å². The van der Waals surface area contributed by atoms with Crippen LogP contribution in [0.15, 0.2) is 53.4 Å². The molecule has 0 spiro atoms. The van der Waals surface area contributed by atoms with Crippen molar-refractivity contribution < 1.29 is 23.1 Å². The van der Waals surface area contributed by atoms with Crippen LogP contribution in [0.1, 0.15) is 22.8 Å². The molecule has 0 unspecified atom stereocenters. The highest BCUT2D eigenvalue weighted by Crippen LogP contribution is 2.19. The molecule has 2 aromatic rings. The molecule has 0 aromatic heterocycles. The van der Waals surface area contributed by atoms with E-state index in [1.807, 2.05) is 29.2 Å². The smallest absolute Gasteiger partial charge is 0.248 e. The first kappa shape index (κ1) is 23.2. The first-order valence-electron chi connectivity index (χ1n) is 10.3. The Morgan fingerprint density at radius 2 is 1.68 bits per heavy atom. The molecular weight excluding hydrogens is 418 g/mol. The van der Waals surface area contributed by atoms with Gasteiger partial charge in [-0.25, -0.2) is 8.42 Å². The fourth-order valence-corrected chi connectivity index (χ4v) is 4.88. The molecule has 3 rings (SSSR count). The number of piperazine rings is 1. The third kappa shape index (κ3) is 6.04. The number of aryl methyl sites for hydroxylation is 1. The number of rotatable bonds is 9. The lowest BCUT2D eigenvalue weighted by molar-refractivity contribution is 0.0569. The zero-order chi connectivity index (χ0) is 22.4. The number of primary amides is 1. The van der Waals surface area contributed by atoms with Gasteiger partial charge in [0.05, 0.1) is 4.90 Å². The van der Waals surface area contributed by atoms with Crippen molar-refractivity contribution in [3.63, 3.8) is 0 Å². The van der Waals surface area contributed by atoms with E-state index in [9.17, 15) is 18.3 Å². The van der Waals surface area contributed by atoms with E-state index in [-0.39, 0.29) is 17.1 Å². The summed E-state index contributed by atoms with van der Waals surface area (Å²) in [7, 11) is -3.64. The van der Waals surface area contributed by atoms with E-state index in [1.165, 1.54) is 34.1 Å². The zero-order valence-corrected chi connectivity index (χ0v) is 18.4. The minimum atomic E-state index is -3.64. The Bertz CT molecular complexity index is 969. The molecule has 3 N–H and O–H groups in total. The van der Waals surface area contributed by atoms with Gasteiger partial charge in [-0.1, -0.05) is 19.1 Å². The van der Waals surface area contributed by atoms with Crippen LogP contribution in [0.4, 0.5) is 0 Å². The topological polar surface area (TPSA) is 113 Å². The molecule has 168 valence electrons. The Hall–Kier alpha value is -2.46. The number of nitrogens with zero attached hydrogens (tertiary/aromatic N) is 2. The van der Waals surface area contributed by atoms with Crippen molar-refractivity contribution in [3.8, 4) is 5.75 Å². The molecule has 0 saturated carbocycles. The van der Waals surface area contributed by atoms with Gasteiger partial charge < -0.3 is 15.6 Å². The van der Waals surface area contributed by atoms with Gasteiger partial charge in [-0.05, 0) is 48.4 Å². The van der Waals surface area contributed by atoms with E-state index in [0.29, 0.717) is 32.7 Å². The zero-order valence-electron chi connectivity index (χ0n) is 17.6. The lowest BCUT2D eigenvalue weighted by Gasteiger charge is -2.34. The molecule has 31 heavy (non-hydrogen) atoms. The summed E-state index contributed by atoms with van der Waals surface area (Å²) in [5, 5.41) is 10.3. The Morgan fingerprint density at radius 1 is 1.06 bits per heavy atom. The van der Waals surface area contributed by atoms with Gasteiger partial charge in [0.15, 0.2) is 0 Å². The Morgan fingerprint density at radius 3 is 2.23 bits per heavy atom. The van der Waals surface area contributed by atoms with Crippen molar-refractivity contribution >= 4 is 15.9 Å². The van der Waals surface area contributed by atoms with E-state index in [4.69, 9.17) is 10.5 Å². The summed E-state index contributed by atoms with van der Waals surface area (Å²) in [5.74, 6) is 0.118. The molecule has 2 aromatic carbocycles. The number of carbonyl (C=O) groups is 1. The van der Waals surface area contributed by atoms with Crippen LogP contribution in [0, 0.1) is 0 Å². The van der Waals surface area contributed by atoms with Gasteiger partial charge >= 0.3 is 0 Å². The molecule has 1 atom stereocenters. The van der Waals surface area contributed by atoms with E-state index in [1.54, 1.807) is 0 Å². The summed E-state index contributed by atoms with van der Waals surface area (Å²) >= 11 is 0. The predicted octanol–water partition coefficient (Wildman–Crippen LogP) is 1.09. The minimum Gasteiger partial charge on any atom is -0.491 e. The number of sulfonamides is 1. The number of hydrogen-bond acceptors (Lipinski definition) is 6. The fraction of sp³-hybridized carbons (Fsp3) is 0.409. The maximum absolute atomic E-state index is 12.8. The van der Waals surface area contributed by atoms with Crippen molar-refractivity contribution in [1.82, 2.24) is 9.21 Å².